The van der Waals surface area contributed by atoms with Crippen LogP contribution < -0.4 is 4.74 Å². The van der Waals surface area contributed by atoms with Crippen LogP contribution in [0.3, 0.4) is 0 Å². The minimum Gasteiger partial charge on any atom is -0.487 e. The van der Waals surface area contributed by atoms with Crippen molar-refractivity contribution < 1.29 is 14.3 Å². The van der Waals surface area contributed by atoms with Gasteiger partial charge in [-0.05, 0) is 37.1 Å². The van der Waals surface area contributed by atoms with E-state index in [1.54, 1.807) is 6.07 Å². The van der Waals surface area contributed by atoms with Crippen LogP contribution in [0.5, 0.6) is 5.75 Å². The number of benzene rings is 2. The highest BCUT2D eigenvalue weighted by atomic mass is 79.9. The Morgan fingerprint density at radius 3 is 2.77 bits per heavy atom. The van der Waals surface area contributed by atoms with Gasteiger partial charge in [-0.2, -0.15) is 0 Å². The van der Waals surface area contributed by atoms with Crippen molar-refractivity contribution in [2.24, 2.45) is 0 Å². The minimum atomic E-state index is -0.498. The third-order valence-corrected chi connectivity index (χ3v) is 6.75. The molecule has 2 aliphatic rings. The number of halogens is 2. The summed E-state index contributed by atoms with van der Waals surface area (Å²) < 4.78 is 13.2. The molecule has 0 bridgehead atoms. The Morgan fingerprint density at radius 1 is 1.17 bits per heavy atom. The monoisotopic (exact) mass is 489 g/mol. The van der Waals surface area contributed by atoms with Gasteiger partial charge in [0.1, 0.15) is 11.4 Å². The van der Waals surface area contributed by atoms with Crippen LogP contribution in [0.4, 0.5) is 0 Å². The Morgan fingerprint density at radius 2 is 1.97 bits per heavy atom. The van der Waals surface area contributed by atoms with E-state index in [9.17, 15) is 5.11 Å². The summed E-state index contributed by atoms with van der Waals surface area (Å²) in [5.74, 6) is 1.78. The lowest BCUT2D eigenvalue weighted by Crippen LogP contribution is -2.50. The quantitative estimate of drug-likeness (QED) is 0.557. The Hall–Kier alpha value is -1.93. The number of ether oxygens (including phenoxy) is 1. The number of aliphatic hydroxyl groups excluding tert-OH is 1. The zero-order valence-corrected chi connectivity index (χ0v) is 18.6. The van der Waals surface area contributed by atoms with Gasteiger partial charge in [0, 0.05) is 29.5 Å². The van der Waals surface area contributed by atoms with Gasteiger partial charge in [-0.25, -0.2) is 0 Å². The fourth-order valence-corrected chi connectivity index (χ4v) is 4.84. The van der Waals surface area contributed by atoms with Crippen LogP contribution >= 0.6 is 27.5 Å². The molecule has 0 aliphatic carbocycles. The summed E-state index contributed by atoms with van der Waals surface area (Å²) in [5, 5.41) is 19.6. The molecule has 1 unspecified atom stereocenters. The molecule has 3 heterocycles. The van der Waals surface area contributed by atoms with E-state index < -0.39 is 6.10 Å². The Bertz CT molecular complexity index is 1070. The molecule has 0 saturated carbocycles. The van der Waals surface area contributed by atoms with Crippen LogP contribution in [-0.2, 0) is 6.54 Å². The minimum absolute atomic E-state index is 0.332. The van der Waals surface area contributed by atoms with Crippen molar-refractivity contribution in [3.8, 4) is 17.2 Å². The van der Waals surface area contributed by atoms with Gasteiger partial charge in [0.25, 0.3) is 0 Å². The first-order valence-corrected chi connectivity index (χ1v) is 11.1. The normalized spacial score (nSPS) is 20.7. The maximum absolute atomic E-state index is 10.7. The Balaban J connectivity index is 1.24. The molecule has 2 aliphatic heterocycles. The van der Waals surface area contributed by atoms with E-state index in [4.69, 9.17) is 20.8 Å². The zero-order valence-electron chi connectivity index (χ0n) is 16.2. The molecule has 2 aromatic carbocycles. The molecule has 5 rings (SSSR count). The number of fused-ring (bicyclic) bond motifs is 1. The van der Waals surface area contributed by atoms with Crippen LogP contribution in [0.15, 0.2) is 51.4 Å². The molecule has 8 heteroatoms. The number of piperidine rings is 1. The van der Waals surface area contributed by atoms with Gasteiger partial charge in [-0.15, -0.1) is 10.2 Å². The van der Waals surface area contributed by atoms with E-state index in [-0.39, 0.29) is 5.60 Å². The number of nitrogens with zero attached hydrogens (tertiary/aromatic N) is 3. The van der Waals surface area contributed by atoms with Gasteiger partial charge < -0.3 is 14.3 Å². The second-order valence-corrected chi connectivity index (χ2v) is 9.27. The predicted molar refractivity (Wildman–Crippen MR) is 116 cm³/mol. The van der Waals surface area contributed by atoms with Crippen LogP contribution in [0.1, 0.15) is 36.8 Å². The summed E-state index contributed by atoms with van der Waals surface area (Å²) in [6.07, 6.45) is 1.79. The summed E-state index contributed by atoms with van der Waals surface area (Å²) in [6, 6.07) is 13.2. The highest BCUT2D eigenvalue weighted by Crippen LogP contribution is 2.45. The molecule has 0 radical (unpaired) electrons. The summed E-state index contributed by atoms with van der Waals surface area (Å²) in [4.78, 5) is 2.28. The lowest BCUT2D eigenvalue weighted by molar-refractivity contribution is -0.0560. The van der Waals surface area contributed by atoms with Crippen molar-refractivity contribution in [3.63, 3.8) is 0 Å². The predicted octanol–water partition coefficient (Wildman–Crippen LogP) is 5.00. The van der Waals surface area contributed by atoms with Gasteiger partial charge >= 0.3 is 0 Å². The van der Waals surface area contributed by atoms with E-state index in [0.29, 0.717) is 29.8 Å². The third kappa shape index (κ3) is 3.87. The van der Waals surface area contributed by atoms with Crippen molar-refractivity contribution in [1.82, 2.24) is 15.1 Å². The summed E-state index contributed by atoms with van der Waals surface area (Å²) in [6.45, 7) is 2.25. The van der Waals surface area contributed by atoms with E-state index in [1.165, 1.54) is 0 Å². The Labute approximate surface area is 187 Å². The van der Waals surface area contributed by atoms with Crippen LogP contribution in [0.2, 0.25) is 5.02 Å². The first-order valence-electron chi connectivity index (χ1n) is 9.98. The smallest absolute Gasteiger partial charge is 0.249 e. The fraction of sp³-hybridized carbons (Fsp3) is 0.364. The lowest BCUT2D eigenvalue weighted by Gasteiger charge is -2.45. The molecule has 1 aromatic heterocycles. The maximum Gasteiger partial charge on any atom is 0.249 e. The molecule has 156 valence electrons. The molecule has 1 N–H and O–H groups in total. The number of aromatic nitrogens is 2. The number of likely N-dealkylation sites (tertiary alicyclic amines) is 1. The van der Waals surface area contributed by atoms with Gasteiger partial charge in [0.05, 0.1) is 23.2 Å². The van der Waals surface area contributed by atoms with Crippen LogP contribution in [0, 0.1) is 0 Å². The summed E-state index contributed by atoms with van der Waals surface area (Å²) in [7, 11) is 0. The molecule has 1 fully saturated rings. The molecule has 3 aromatic rings. The number of aliphatic hydroxyl groups is 1. The first-order chi connectivity index (χ1) is 14.5. The average molecular weight is 491 g/mol. The van der Waals surface area contributed by atoms with Crippen LogP contribution in [-0.4, -0.2) is 38.9 Å². The van der Waals surface area contributed by atoms with Gasteiger partial charge in [0.2, 0.25) is 11.8 Å². The SMILES string of the molecule is OC1CC2(CCN(Cc3nnc(-c4ccccc4Cl)o3)CC2)Oc2cc(Br)ccc21. The largest absolute Gasteiger partial charge is 0.487 e. The van der Waals surface area contributed by atoms with E-state index in [0.717, 1.165) is 47.3 Å². The molecular weight excluding hydrogens is 470 g/mol. The van der Waals surface area contributed by atoms with Gasteiger partial charge in [-0.3, -0.25) is 4.90 Å². The Kier molecular flexibility index (Phi) is 5.31. The van der Waals surface area contributed by atoms with E-state index in [1.807, 2.05) is 36.4 Å². The van der Waals surface area contributed by atoms with Gasteiger partial charge in [0.15, 0.2) is 0 Å². The van der Waals surface area contributed by atoms with Crippen molar-refractivity contribution in [1.29, 1.82) is 0 Å². The standard InChI is InChI=1S/C22H21BrClN3O3/c23-14-5-6-16-18(28)12-22(30-19(16)11-14)7-9-27(10-8-22)13-20-25-26-21(29-20)15-3-1-2-4-17(15)24/h1-6,11,18,28H,7-10,12-13H2. The summed E-state index contributed by atoms with van der Waals surface area (Å²) in [5.41, 5.74) is 1.27. The molecule has 6 nitrogen and oxygen atoms in total. The van der Waals surface area contributed by atoms with Crippen molar-refractivity contribution in [3.05, 3.63) is 63.4 Å². The van der Waals surface area contributed by atoms with Crippen molar-refractivity contribution in [2.75, 3.05) is 13.1 Å². The molecule has 1 spiro atoms. The number of hydrogen-bond donors (Lipinski definition) is 1. The molecular formula is C22H21BrClN3O3. The topological polar surface area (TPSA) is 71.6 Å². The number of hydrogen-bond acceptors (Lipinski definition) is 6. The second-order valence-electron chi connectivity index (χ2n) is 7.94. The van der Waals surface area contributed by atoms with Gasteiger partial charge in [-0.1, -0.05) is 45.7 Å². The highest BCUT2D eigenvalue weighted by molar-refractivity contribution is 9.10. The molecule has 1 atom stereocenters. The van der Waals surface area contributed by atoms with Crippen molar-refractivity contribution >= 4 is 27.5 Å². The maximum atomic E-state index is 10.7. The lowest BCUT2D eigenvalue weighted by atomic mass is 9.81. The second kappa shape index (κ2) is 7.96. The fourth-order valence-electron chi connectivity index (χ4n) is 4.29. The summed E-state index contributed by atoms with van der Waals surface area (Å²) >= 11 is 9.72. The third-order valence-electron chi connectivity index (χ3n) is 5.92. The van der Waals surface area contributed by atoms with Crippen molar-refractivity contribution in [2.45, 2.75) is 37.5 Å². The molecule has 30 heavy (non-hydrogen) atoms. The zero-order chi connectivity index (χ0) is 20.7. The van der Waals surface area contributed by atoms with E-state index in [2.05, 4.69) is 31.0 Å². The van der Waals surface area contributed by atoms with E-state index >= 15 is 0 Å². The molecule has 0 amide bonds. The number of rotatable bonds is 3. The molecule has 1 saturated heterocycles. The average Bonchev–Trinajstić information content (AvgIpc) is 3.18. The first kappa shape index (κ1) is 20.0. The highest BCUT2D eigenvalue weighted by Gasteiger charge is 2.43. The van der Waals surface area contributed by atoms with Crippen LogP contribution in [0.25, 0.3) is 11.5 Å².